The maximum atomic E-state index is 10.7. The fraction of sp³-hybridized carbons (Fsp3) is 0.154. The van der Waals surface area contributed by atoms with E-state index in [1.54, 1.807) is 6.07 Å². The molecule has 0 radical (unpaired) electrons. The predicted octanol–water partition coefficient (Wildman–Crippen LogP) is 2.69. The van der Waals surface area contributed by atoms with E-state index in [-0.39, 0.29) is 0 Å². The number of carboxylic acid groups (broad SMARTS) is 1. The van der Waals surface area contributed by atoms with Crippen LogP contribution in [0.1, 0.15) is 6.92 Å². The second-order valence-corrected chi connectivity index (χ2v) is 3.58. The number of hydrogen-bond donors (Lipinski definition) is 1. The molecular formula is C13H12O3. The Morgan fingerprint density at radius 1 is 1.19 bits per heavy atom. The molecule has 0 aromatic heterocycles. The summed E-state index contributed by atoms with van der Waals surface area (Å²) < 4.78 is 5.39. The number of benzene rings is 2. The van der Waals surface area contributed by atoms with Crippen LogP contribution < -0.4 is 4.74 Å². The van der Waals surface area contributed by atoms with Crippen molar-refractivity contribution in [1.82, 2.24) is 0 Å². The van der Waals surface area contributed by atoms with E-state index in [0.717, 1.165) is 10.8 Å². The van der Waals surface area contributed by atoms with Crippen LogP contribution in [0.15, 0.2) is 42.5 Å². The highest BCUT2D eigenvalue weighted by atomic mass is 16.5. The third-order valence-electron chi connectivity index (χ3n) is 2.40. The van der Waals surface area contributed by atoms with Gasteiger partial charge in [-0.25, -0.2) is 4.79 Å². The van der Waals surface area contributed by atoms with E-state index in [1.807, 2.05) is 36.4 Å². The summed E-state index contributed by atoms with van der Waals surface area (Å²) in [6.45, 7) is 1.52. The van der Waals surface area contributed by atoms with Crippen LogP contribution in [0.5, 0.6) is 5.75 Å². The average molecular weight is 216 g/mol. The normalized spacial score (nSPS) is 12.3. The van der Waals surface area contributed by atoms with E-state index in [2.05, 4.69) is 0 Å². The number of carbonyl (C=O) groups is 1. The van der Waals surface area contributed by atoms with Gasteiger partial charge in [0.05, 0.1) is 0 Å². The minimum absolute atomic E-state index is 0.605. The Morgan fingerprint density at radius 2 is 1.88 bits per heavy atom. The van der Waals surface area contributed by atoms with Gasteiger partial charge in [0.15, 0.2) is 6.10 Å². The lowest BCUT2D eigenvalue weighted by Gasteiger charge is -2.12. The van der Waals surface area contributed by atoms with Crippen molar-refractivity contribution in [2.24, 2.45) is 0 Å². The van der Waals surface area contributed by atoms with Gasteiger partial charge in [0.1, 0.15) is 5.75 Å². The minimum Gasteiger partial charge on any atom is -0.479 e. The van der Waals surface area contributed by atoms with E-state index in [1.165, 1.54) is 6.92 Å². The first kappa shape index (κ1) is 10.5. The second kappa shape index (κ2) is 4.23. The molecule has 1 atom stereocenters. The van der Waals surface area contributed by atoms with E-state index >= 15 is 0 Å². The van der Waals surface area contributed by atoms with Crippen molar-refractivity contribution in [1.29, 1.82) is 0 Å². The van der Waals surface area contributed by atoms with Gasteiger partial charge in [-0.05, 0) is 18.4 Å². The van der Waals surface area contributed by atoms with Crippen molar-refractivity contribution >= 4 is 16.7 Å². The molecule has 3 heteroatoms. The highest BCUT2D eigenvalue weighted by molar-refractivity contribution is 5.88. The van der Waals surface area contributed by atoms with Crippen molar-refractivity contribution in [3.63, 3.8) is 0 Å². The monoisotopic (exact) mass is 216 g/mol. The van der Waals surface area contributed by atoms with Crippen LogP contribution in [0.4, 0.5) is 0 Å². The molecule has 0 saturated heterocycles. The van der Waals surface area contributed by atoms with Crippen LogP contribution in [0, 0.1) is 0 Å². The topological polar surface area (TPSA) is 46.5 Å². The molecule has 0 aliphatic carbocycles. The largest absolute Gasteiger partial charge is 0.479 e. The van der Waals surface area contributed by atoms with Gasteiger partial charge in [-0.1, -0.05) is 36.4 Å². The van der Waals surface area contributed by atoms with Crippen molar-refractivity contribution in [3.8, 4) is 5.75 Å². The molecule has 2 rings (SSSR count). The van der Waals surface area contributed by atoms with Gasteiger partial charge in [0.25, 0.3) is 0 Å². The van der Waals surface area contributed by atoms with Crippen molar-refractivity contribution < 1.29 is 14.6 Å². The van der Waals surface area contributed by atoms with Gasteiger partial charge in [0.2, 0.25) is 0 Å². The average Bonchev–Trinajstić information content (AvgIpc) is 2.29. The van der Waals surface area contributed by atoms with Gasteiger partial charge in [0, 0.05) is 5.39 Å². The van der Waals surface area contributed by atoms with Crippen LogP contribution >= 0.6 is 0 Å². The van der Waals surface area contributed by atoms with E-state index < -0.39 is 12.1 Å². The summed E-state index contributed by atoms with van der Waals surface area (Å²) in [6.07, 6.45) is -0.842. The molecule has 2 aromatic carbocycles. The Hall–Kier alpha value is -2.03. The molecule has 82 valence electrons. The highest BCUT2D eigenvalue weighted by Gasteiger charge is 2.13. The molecule has 0 heterocycles. The molecule has 0 bridgehead atoms. The molecule has 16 heavy (non-hydrogen) atoms. The summed E-state index contributed by atoms with van der Waals surface area (Å²) in [6, 6.07) is 13.3. The van der Waals surface area contributed by atoms with Crippen LogP contribution in [-0.4, -0.2) is 17.2 Å². The number of aliphatic carboxylic acids is 1. The maximum Gasteiger partial charge on any atom is 0.344 e. The van der Waals surface area contributed by atoms with Gasteiger partial charge < -0.3 is 9.84 Å². The highest BCUT2D eigenvalue weighted by Crippen LogP contribution is 2.25. The molecule has 1 unspecified atom stereocenters. The quantitative estimate of drug-likeness (QED) is 0.858. The fourth-order valence-electron chi connectivity index (χ4n) is 1.54. The zero-order valence-corrected chi connectivity index (χ0v) is 8.88. The van der Waals surface area contributed by atoms with Crippen LogP contribution in [0.2, 0.25) is 0 Å². The lowest BCUT2D eigenvalue weighted by atomic mass is 10.1. The molecule has 3 nitrogen and oxygen atoms in total. The molecular weight excluding hydrogens is 204 g/mol. The van der Waals surface area contributed by atoms with E-state index in [0.29, 0.717) is 5.75 Å². The third kappa shape index (κ3) is 1.98. The molecule has 2 aromatic rings. The fourth-order valence-corrected chi connectivity index (χ4v) is 1.54. The Kier molecular flexibility index (Phi) is 2.77. The third-order valence-corrected chi connectivity index (χ3v) is 2.40. The van der Waals surface area contributed by atoms with Gasteiger partial charge >= 0.3 is 5.97 Å². The van der Waals surface area contributed by atoms with Crippen molar-refractivity contribution in [2.45, 2.75) is 13.0 Å². The Bertz CT molecular complexity index is 514. The molecule has 0 saturated carbocycles. The summed E-state index contributed by atoms with van der Waals surface area (Å²) in [7, 11) is 0. The van der Waals surface area contributed by atoms with Crippen molar-refractivity contribution in [3.05, 3.63) is 42.5 Å². The number of ether oxygens (including phenoxy) is 1. The Labute approximate surface area is 93.3 Å². The first-order valence-electron chi connectivity index (χ1n) is 5.05. The molecule has 0 aliphatic rings. The minimum atomic E-state index is -0.965. The van der Waals surface area contributed by atoms with E-state index in [9.17, 15) is 4.79 Å². The van der Waals surface area contributed by atoms with Gasteiger partial charge in [-0.2, -0.15) is 0 Å². The van der Waals surface area contributed by atoms with Gasteiger partial charge in [-0.15, -0.1) is 0 Å². The molecule has 0 aliphatic heterocycles. The predicted molar refractivity (Wildman–Crippen MR) is 61.7 cm³/mol. The molecule has 0 amide bonds. The van der Waals surface area contributed by atoms with Gasteiger partial charge in [-0.3, -0.25) is 0 Å². The number of fused-ring (bicyclic) bond motifs is 1. The lowest BCUT2D eigenvalue weighted by molar-refractivity contribution is -0.144. The smallest absolute Gasteiger partial charge is 0.344 e. The zero-order valence-electron chi connectivity index (χ0n) is 8.88. The number of rotatable bonds is 3. The van der Waals surface area contributed by atoms with Crippen LogP contribution in [0.25, 0.3) is 10.8 Å². The molecule has 1 N–H and O–H groups in total. The van der Waals surface area contributed by atoms with E-state index in [4.69, 9.17) is 9.84 Å². The molecule has 0 spiro atoms. The lowest BCUT2D eigenvalue weighted by Crippen LogP contribution is -2.22. The number of hydrogen-bond acceptors (Lipinski definition) is 2. The summed E-state index contributed by atoms with van der Waals surface area (Å²) in [4.78, 5) is 10.7. The summed E-state index contributed by atoms with van der Waals surface area (Å²) in [5.41, 5.74) is 0. The summed E-state index contributed by atoms with van der Waals surface area (Å²) in [5, 5.41) is 10.8. The first-order valence-corrected chi connectivity index (χ1v) is 5.05. The number of carboxylic acids is 1. The Morgan fingerprint density at radius 3 is 2.62 bits per heavy atom. The standard InChI is InChI=1S/C13H12O3/c1-9(13(14)15)16-12-8-4-6-10-5-2-3-7-11(10)12/h2-9H,1H3,(H,14,15). The Balaban J connectivity index is 2.41. The SMILES string of the molecule is CC(Oc1cccc2ccccc12)C(=O)O. The second-order valence-electron chi connectivity index (χ2n) is 3.58. The summed E-state index contributed by atoms with van der Waals surface area (Å²) in [5.74, 6) is -0.360. The first-order chi connectivity index (χ1) is 7.68. The zero-order chi connectivity index (χ0) is 11.5. The van der Waals surface area contributed by atoms with Crippen molar-refractivity contribution in [2.75, 3.05) is 0 Å². The molecule has 0 fully saturated rings. The maximum absolute atomic E-state index is 10.7. The van der Waals surface area contributed by atoms with Crippen LogP contribution in [0.3, 0.4) is 0 Å². The van der Waals surface area contributed by atoms with Crippen LogP contribution in [-0.2, 0) is 4.79 Å². The summed E-state index contributed by atoms with van der Waals surface area (Å²) >= 11 is 0.